The Morgan fingerprint density at radius 2 is 1.35 bits per heavy atom. The monoisotopic (exact) mass is 546 g/mol. The van der Waals surface area contributed by atoms with Gasteiger partial charge in [-0.2, -0.15) is 0 Å². The maximum absolute atomic E-state index is 12.2. The maximum atomic E-state index is 12.2. The summed E-state index contributed by atoms with van der Waals surface area (Å²) in [4.78, 5) is 12.1. The minimum atomic E-state index is -2.78. The molecule has 5 aromatic carbocycles. The molecule has 0 aliphatic rings. The Morgan fingerprint density at radius 3 is 2.02 bits per heavy atom. The van der Waals surface area contributed by atoms with E-state index in [2.05, 4.69) is 12.1 Å². The van der Waals surface area contributed by atoms with Gasteiger partial charge in [0.05, 0.1) is 0 Å². The van der Waals surface area contributed by atoms with E-state index in [1.54, 1.807) is 48.5 Å². The molecule has 1 N–H and O–H groups in total. The fourth-order valence-electron chi connectivity index (χ4n) is 5.10. The van der Waals surface area contributed by atoms with Gasteiger partial charge in [0, 0.05) is 39.7 Å². The zero-order valence-corrected chi connectivity index (χ0v) is 22.1. The number of benzene rings is 5. The molecule has 0 amide bonds. The molecule has 40 heavy (non-hydrogen) atoms. The number of para-hydroxylation sites is 2. The number of rotatable bonds is 8. The summed E-state index contributed by atoms with van der Waals surface area (Å²) in [7, 11) is 0. The van der Waals surface area contributed by atoms with Crippen LogP contribution in [0.15, 0.2) is 126 Å². The minimum absolute atomic E-state index is 0.0470. The van der Waals surface area contributed by atoms with Gasteiger partial charge >= 0.3 is 5.97 Å². The highest BCUT2D eigenvalue weighted by Gasteiger charge is 2.27. The summed E-state index contributed by atoms with van der Waals surface area (Å²) in [6.45, 7) is 0. The average molecular weight is 547 g/mol. The summed E-state index contributed by atoms with van der Waals surface area (Å²) < 4.78 is 31.4. The molecule has 0 saturated carbocycles. The summed E-state index contributed by atoms with van der Waals surface area (Å²) in [6.07, 6.45) is 0.0470. The molecule has 0 saturated heterocycles. The summed E-state index contributed by atoms with van der Waals surface area (Å²) in [5.41, 5.74) is 6.56. The smallest absolute Gasteiger partial charge is 0.327 e. The van der Waals surface area contributed by atoms with Crippen LogP contribution in [0.2, 0.25) is 0 Å². The quantitative estimate of drug-likeness (QED) is 0.204. The van der Waals surface area contributed by atoms with Crippen LogP contribution < -0.4 is 4.31 Å². The molecule has 6 nitrogen and oxygen atoms in total. The number of hydrogen-bond acceptors (Lipinski definition) is 4. The molecule has 198 valence electrons. The molecule has 2 unspecified atom stereocenters. The standard InChI is InChI=1S/C33H25NO5S/c35-33(36)30(21-22-7-2-1-3-8-22)34(40(37)38)26-19-17-24(18-20-26)23-13-15-25(16-14-23)27-10-6-11-29-28-9-4-5-12-31(28)39-32(27)29/h1-20,30H,21H2,(H,35,36)(H,37,38)/p-1. The highest BCUT2D eigenvalue weighted by Crippen LogP contribution is 2.36. The summed E-state index contributed by atoms with van der Waals surface area (Å²) in [6, 6.07) is 36.8. The second-order valence-corrected chi connectivity index (χ2v) is 10.3. The van der Waals surface area contributed by atoms with Crippen LogP contribution in [-0.2, 0) is 22.5 Å². The fraction of sp³-hybridized carbons (Fsp3) is 0.0606. The van der Waals surface area contributed by atoms with Crippen molar-refractivity contribution in [2.45, 2.75) is 12.5 Å². The van der Waals surface area contributed by atoms with E-state index < -0.39 is 23.3 Å². The largest absolute Gasteiger partial charge is 0.755 e. The molecule has 0 spiro atoms. The van der Waals surface area contributed by atoms with Crippen molar-refractivity contribution in [2.75, 3.05) is 4.31 Å². The number of fused-ring (bicyclic) bond motifs is 3. The third-order valence-electron chi connectivity index (χ3n) is 7.06. The van der Waals surface area contributed by atoms with Crippen molar-refractivity contribution in [2.24, 2.45) is 0 Å². The second kappa shape index (κ2) is 10.8. The Morgan fingerprint density at radius 1 is 0.750 bits per heavy atom. The molecule has 0 fully saturated rings. The van der Waals surface area contributed by atoms with Gasteiger partial charge in [-0.3, -0.25) is 8.51 Å². The van der Waals surface area contributed by atoms with Gasteiger partial charge in [0.1, 0.15) is 17.2 Å². The van der Waals surface area contributed by atoms with E-state index in [1.807, 2.05) is 60.7 Å². The van der Waals surface area contributed by atoms with Crippen LogP contribution in [0.1, 0.15) is 5.56 Å². The van der Waals surface area contributed by atoms with Gasteiger partial charge in [0.2, 0.25) is 0 Å². The van der Waals surface area contributed by atoms with Crippen LogP contribution in [0.4, 0.5) is 5.69 Å². The Hall–Kier alpha value is -4.72. The predicted octanol–water partition coefficient (Wildman–Crippen LogP) is 7.22. The van der Waals surface area contributed by atoms with Crippen molar-refractivity contribution in [1.29, 1.82) is 0 Å². The van der Waals surface area contributed by atoms with Crippen molar-refractivity contribution in [1.82, 2.24) is 0 Å². The summed E-state index contributed by atoms with van der Waals surface area (Å²) in [5, 5.41) is 12.0. The third kappa shape index (κ3) is 4.88. The van der Waals surface area contributed by atoms with Gasteiger partial charge < -0.3 is 14.1 Å². The van der Waals surface area contributed by atoms with Crippen LogP contribution in [0.5, 0.6) is 0 Å². The zero-order chi connectivity index (χ0) is 27.6. The number of nitrogens with zero attached hydrogens (tertiary/aromatic N) is 1. The second-order valence-electron chi connectivity index (χ2n) is 9.49. The van der Waals surface area contributed by atoms with Gasteiger partial charge in [-0.15, -0.1) is 0 Å². The molecule has 0 radical (unpaired) electrons. The Kier molecular flexibility index (Phi) is 6.90. The van der Waals surface area contributed by atoms with Crippen LogP contribution in [0, 0.1) is 0 Å². The average Bonchev–Trinajstić information content (AvgIpc) is 3.37. The first-order valence-electron chi connectivity index (χ1n) is 12.8. The van der Waals surface area contributed by atoms with E-state index in [4.69, 9.17) is 4.42 Å². The Labute approximate surface area is 233 Å². The topological polar surface area (TPSA) is 93.8 Å². The molecule has 0 aliphatic carbocycles. The van der Waals surface area contributed by atoms with Crippen molar-refractivity contribution < 1.29 is 23.1 Å². The molecule has 1 aromatic heterocycles. The number of anilines is 1. The number of furan rings is 1. The molecule has 0 aliphatic heterocycles. The van der Waals surface area contributed by atoms with Crippen molar-refractivity contribution >= 4 is 44.9 Å². The van der Waals surface area contributed by atoms with Gasteiger partial charge in [-0.25, -0.2) is 4.79 Å². The van der Waals surface area contributed by atoms with Gasteiger partial charge in [-0.1, -0.05) is 103 Å². The molecule has 7 heteroatoms. The molecular weight excluding hydrogens is 522 g/mol. The van der Waals surface area contributed by atoms with E-state index >= 15 is 0 Å². The summed E-state index contributed by atoms with van der Waals surface area (Å²) >= 11 is -2.78. The molecule has 6 rings (SSSR count). The first kappa shape index (κ1) is 25.6. The van der Waals surface area contributed by atoms with Crippen molar-refractivity contribution in [3.05, 3.63) is 127 Å². The van der Waals surface area contributed by atoms with Crippen LogP contribution in [-0.4, -0.2) is 25.9 Å². The number of carboxylic acids is 1. The number of carboxylic acid groups (broad SMARTS) is 1. The van der Waals surface area contributed by atoms with E-state index in [9.17, 15) is 18.7 Å². The maximum Gasteiger partial charge on any atom is 0.327 e. The fourth-order valence-corrected chi connectivity index (χ4v) is 5.76. The Bertz CT molecular complexity index is 1830. The van der Waals surface area contributed by atoms with Crippen LogP contribution in [0.3, 0.4) is 0 Å². The normalized spacial score (nSPS) is 12.8. The Balaban J connectivity index is 1.28. The van der Waals surface area contributed by atoms with Crippen LogP contribution in [0.25, 0.3) is 44.2 Å². The minimum Gasteiger partial charge on any atom is -0.755 e. The highest BCUT2D eigenvalue weighted by atomic mass is 32.2. The van der Waals surface area contributed by atoms with Gasteiger partial charge in [-0.05, 0) is 40.5 Å². The lowest BCUT2D eigenvalue weighted by Crippen LogP contribution is -2.44. The number of aliphatic carboxylic acids is 1. The van der Waals surface area contributed by atoms with Gasteiger partial charge in [0.25, 0.3) is 0 Å². The zero-order valence-electron chi connectivity index (χ0n) is 21.3. The number of carbonyl (C=O) groups is 1. The number of hydrogen-bond donors (Lipinski definition) is 1. The molecular formula is C33H24NO5S-. The van der Waals surface area contributed by atoms with Crippen molar-refractivity contribution in [3.8, 4) is 22.3 Å². The first-order valence-corrected chi connectivity index (χ1v) is 13.8. The molecule has 2 atom stereocenters. The third-order valence-corrected chi connectivity index (χ3v) is 7.84. The molecule has 1 heterocycles. The lowest BCUT2D eigenvalue weighted by atomic mass is 9.98. The summed E-state index contributed by atoms with van der Waals surface area (Å²) in [5.74, 6) is -1.22. The van der Waals surface area contributed by atoms with Gasteiger partial charge in [0.15, 0.2) is 0 Å². The van der Waals surface area contributed by atoms with Crippen LogP contribution >= 0.6 is 0 Å². The van der Waals surface area contributed by atoms with E-state index in [1.165, 1.54) is 0 Å². The lowest BCUT2D eigenvalue weighted by Gasteiger charge is -2.32. The molecule has 0 bridgehead atoms. The highest BCUT2D eigenvalue weighted by molar-refractivity contribution is 7.80. The first-order chi connectivity index (χ1) is 19.5. The SMILES string of the molecule is O=C(O)C(Cc1ccccc1)N(c1ccc(-c2ccc(-c3cccc4c3oc3ccccc34)cc2)cc1)S(=O)[O-]. The van der Waals surface area contributed by atoms with Crippen molar-refractivity contribution in [3.63, 3.8) is 0 Å². The van der Waals surface area contributed by atoms with E-state index in [0.29, 0.717) is 0 Å². The van der Waals surface area contributed by atoms with E-state index in [-0.39, 0.29) is 12.1 Å². The predicted molar refractivity (Wildman–Crippen MR) is 158 cm³/mol. The molecule has 6 aromatic rings. The van der Waals surface area contributed by atoms with E-state index in [0.717, 1.165) is 54.1 Å². The lowest BCUT2D eigenvalue weighted by molar-refractivity contribution is -0.138.